The van der Waals surface area contributed by atoms with E-state index in [1.807, 2.05) is 13.8 Å². The van der Waals surface area contributed by atoms with Gasteiger partial charge in [-0.3, -0.25) is 10.1 Å². The van der Waals surface area contributed by atoms with Crippen LogP contribution in [0.1, 0.15) is 26.7 Å². The number of hydrogen-bond acceptors (Lipinski definition) is 4. The minimum absolute atomic E-state index is 0.0794. The summed E-state index contributed by atoms with van der Waals surface area (Å²) in [6.07, 6.45) is 1.18. The number of aliphatic hydroxyl groups is 1. The Kier molecular flexibility index (Phi) is 6.05. The molecule has 1 aromatic carbocycles. The van der Waals surface area contributed by atoms with E-state index in [-0.39, 0.29) is 28.9 Å². The van der Waals surface area contributed by atoms with Crippen LogP contribution in [-0.4, -0.2) is 22.7 Å². The Balaban J connectivity index is 2.80. The summed E-state index contributed by atoms with van der Waals surface area (Å²) in [5.41, 5.74) is 0.184. The fourth-order valence-electron chi connectivity index (χ4n) is 2.05. The van der Waals surface area contributed by atoms with E-state index in [0.29, 0.717) is 0 Å². The molecule has 2 N–H and O–H groups in total. The Bertz CT molecular complexity index is 436. The number of halogens is 1. The van der Waals surface area contributed by atoms with Crippen molar-refractivity contribution in [3.8, 4) is 0 Å². The summed E-state index contributed by atoms with van der Waals surface area (Å²) < 4.78 is 0. The zero-order chi connectivity index (χ0) is 14.4. The van der Waals surface area contributed by atoms with Crippen molar-refractivity contribution in [1.82, 2.24) is 0 Å². The molecule has 0 saturated carbocycles. The van der Waals surface area contributed by atoms with E-state index in [1.165, 1.54) is 12.1 Å². The number of nitro groups is 1. The molecule has 0 fully saturated rings. The molecular weight excluding hydrogens is 268 g/mol. The lowest BCUT2D eigenvalue weighted by molar-refractivity contribution is -0.383. The van der Waals surface area contributed by atoms with Crippen LogP contribution in [-0.2, 0) is 0 Å². The molecule has 0 spiro atoms. The highest BCUT2D eigenvalue weighted by Crippen LogP contribution is 2.32. The molecule has 0 aliphatic rings. The third-order valence-electron chi connectivity index (χ3n) is 3.27. The van der Waals surface area contributed by atoms with Gasteiger partial charge in [-0.2, -0.15) is 0 Å². The SMILES string of the molecule is CCC(CC)C(O)CNc1c(Cl)cccc1[N+](=O)[O-]. The number of aliphatic hydroxyl groups excluding tert-OH is 1. The minimum atomic E-state index is -0.550. The average molecular weight is 287 g/mol. The molecule has 0 saturated heterocycles. The van der Waals surface area contributed by atoms with Crippen LogP contribution in [0.4, 0.5) is 11.4 Å². The maximum Gasteiger partial charge on any atom is 0.293 e. The first kappa shape index (κ1) is 15.7. The first-order valence-electron chi connectivity index (χ1n) is 6.36. The van der Waals surface area contributed by atoms with E-state index in [0.717, 1.165) is 12.8 Å². The summed E-state index contributed by atoms with van der Waals surface area (Å²) in [6, 6.07) is 4.50. The lowest BCUT2D eigenvalue weighted by atomic mass is 9.96. The topological polar surface area (TPSA) is 75.4 Å². The van der Waals surface area contributed by atoms with E-state index in [9.17, 15) is 15.2 Å². The molecule has 19 heavy (non-hydrogen) atoms. The van der Waals surface area contributed by atoms with Gasteiger partial charge in [-0.05, 0) is 12.0 Å². The number of nitro benzene ring substituents is 1. The van der Waals surface area contributed by atoms with Crippen LogP contribution in [0.5, 0.6) is 0 Å². The Morgan fingerprint density at radius 2 is 2.05 bits per heavy atom. The largest absolute Gasteiger partial charge is 0.391 e. The Labute approximate surface area is 117 Å². The van der Waals surface area contributed by atoms with E-state index in [4.69, 9.17) is 11.6 Å². The minimum Gasteiger partial charge on any atom is -0.391 e. The molecule has 1 rings (SSSR count). The summed E-state index contributed by atoms with van der Waals surface area (Å²) in [6.45, 7) is 4.27. The van der Waals surface area contributed by atoms with Gasteiger partial charge in [0, 0.05) is 12.6 Å². The molecule has 0 radical (unpaired) electrons. The van der Waals surface area contributed by atoms with Crippen molar-refractivity contribution >= 4 is 23.0 Å². The lowest BCUT2D eigenvalue weighted by Crippen LogP contribution is -2.28. The van der Waals surface area contributed by atoms with Gasteiger partial charge in [-0.25, -0.2) is 0 Å². The van der Waals surface area contributed by atoms with Crippen molar-refractivity contribution in [2.24, 2.45) is 5.92 Å². The van der Waals surface area contributed by atoms with Gasteiger partial charge in [-0.1, -0.05) is 44.4 Å². The Morgan fingerprint density at radius 1 is 1.42 bits per heavy atom. The van der Waals surface area contributed by atoms with Gasteiger partial charge in [-0.15, -0.1) is 0 Å². The van der Waals surface area contributed by atoms with Crippen molar-refractivity contribution in [3.05, 3.63) is 33.3 Å². The Hall–Kier alpha value is -1.33. The lowest BCUT2D eigenvalue weighted by Gasteiger charge is -2.21. The number of rotatable bonds is 7. The normalized spacial score (nSPS) is 12.5. The third-order valence-corrected chi connectivity index (χ3v) is 3.58. The molecule has 1 aromatic rings. The van der Waals surface area contributed by atoms with Crippen LogP contribution in [0.2, 0.25) is 5.02 Å². The molecule has 0 aliphatic heterocycles. The van der Waals surface area contributed by atoms with Gasteiger partial charge in [0.15, 0.2) is 0 Å². The highest BCUT2D eigenvalue weighted by molar-refractivity contribution is 6.33. The molecule has 6 heteroatoms. The first-order chi connectivity index (χ1) is 9.01. The number of para-hydroxylation sites is 1. The molecular formula is C13H19ClN2O3. The van der Waals surface area contributed by atoms with E-state index >= 15 is 0 Å². The second kappa shape index (κ2) is 7.31. The van der Waals surface area contributed by atoms with Crippen LogP contribution in [0, 0.1) is 16.0 Å². The van der Waals surface area contributed by atoms with Gasteiger partial charge in [0.25, 0.3) is 5.69 Å². The maximum absolute atomic E-state index is 10.9. The van der Waals surface area contributed by atoms with Crippen LogP contribution in [0.3, 0.4) is 0 Å². The standard InChI is InChI=1S/C13H19ClN2O3/c1-3-9(4-2)12(17)8-15-13-10(14)6-5-7-11(13)16(18)19/h5-7,9,12,15,17H,3-4,8H2,1-2H3. The van der Waals surface area contributed by atoms with Crippen LogP contribution >= 0.6 is 11.6 Å². The molecule has 0 heterocycles. The summed E-state index contributed by atoms with van der Waals surface area (Å²) in [5.74, 6) is 0.175. The average Bonchev–Trinajstić information content (AvgIpc) is 2.38. The second-order valence-corrected chi connectivity index (χ2v) is 4.82. The summed E-state index contributed by atoms with van der Waals surface area (Å²) >= 11 is 5.96. The van der Waals surface area contributed by atoms with Crippen molar-refractivity contribution in [2.45, 2.75) is 32.8 Å². The fraction of sp³-hybridized carbons (Fsp3) is 0.538. The van der Waals surface area contributed by atoms with Gasteiger partial charge in [0.2, 0.25) is 0 Å². The van der Waals surface area contributed by atoms with Gasteiger partial charge in [0.05, 0.1) is 16.0 Å². The molecule has 1 unspecified atom stereocenters. The van der Waals surface area contributed by atoms with Gasteiger partial charge < -0.3 is 10.4 Å². The maximum atomic E-state index is 10.9. The molecule has 106 valence electrons. The zero-order valence-electron chi connectivity index (χ0n) is 11.1. The number of nitrogens with zero attached hydrogens (tertiary/aromatic N) is 1. The number of hydrogen-bond donors (Lipinski definition) is 2. The molecule has 0 amide bonds. The van der Waals surface area contributed by atoms with Gasteiger partial charge >= 0.3 is 0 Å². The first-order valence-corrected chi connectivity index (χ1v) is 6.73. The predicted octanol–water partition coefficient (Wildman–Crippen LogP) is 3.46. The number of benzene rings is 1. The quantitative estimate of drug-likeness (QED) is 0.594. The van der Waals surface area contributed by atoms with Crippen molar-refractivity contribution < 1.29 is 10.0 Å². The monoisotopic (exact) mass is 286 g/mol. The van der Waals surface area contributed by atoms with Crippen LogP contribution < -0.4 is 5.32 Å². The molecule has 0 aliphatic carbocycles. The molecule has 0 aromatic heterocycles. The van der Waals surface area contributed by atoms with E-state index in [2.05, 4.69) is 5.32 Å². The fourth-order valence-corrected chi connectivity index (χ4v) is 2.28. The molecule has 1 atom stereocenters. The van der Waals surface area contributed by atoms with Crippen LogP contribution in [0.15, 0.2) is 18.2 Å². The van der Waals surface area contributed by atoms with E-state index < -0.39 is 11.0 Å². The highest BCUT2D eigenvalue weighted by Gasteiger charge is 2.20. The smallest absolute Gasteiger partial charge is 0.293 e. The van der Waals surface area contributed by atoms with Crippen molar-refractivity contribution in [3.63, 3.8) is 0 Å². The summed E-state index contributed by atoms with van der Waals surface area (Å²) in [5, 5.41) is 24.1. The Morgan fingerprint density at radius 3 is 2.58 bits per heavy atom. The zero-order valence-corrected chi connectivity index (χ0v) is 11.9. The van der Waals surface area contributed by atoms with Gasteiger partial charge in [0.1, 0.15) is 5.69 Å². The van der Waals surface area contributed by atoms with Crippen molar-refractivity contribution in [2.75, 3.05) is 11.9 Å². The predicted molar refractivity (Wildman–Crippen MR) is 76.7 cm³/mol. The van der Waals surface area contributed by atoms with E-state index in [1.54, 1.807) is 6.07 Å². The third kappa shape index (κ3) is 4.08. The summed E-state index contributed by atoms with van der Waals surface area (Å²) in [7, 11) is 0. The molecule has 0 bridgehead atoms. The molecule has 5 nitrogen and oxygen atoms in total. The van der Waals surface area contributed by atoms with Crippen LogP contribution in [0.25, 0.3) is 0 Å². The van der Waals surface area contributed by atoms with Crippen molar-refractivity contribution in [1.29, 1.82) is 0 Å². The second-order valence-electron chi connectivity index (χ2n) is 4.42. The summed E-state index contributed by atoms with van der Waals surface area (Å²) in [4.78, 5) is 10.4. The number of anilines is 1. The highest BCUT2D eigenvalue weighted by atomic mass is 35.5. The number of nitrogens with one attached hydrogen (secondary N) is 1.